The Morgan fingerprint density at radius 2 is 2.03 bits per heavy atom. The second-order valence-corrected chi connectivity index (χ2v) is 8.40. The number of aryl methyl sites for hydroxylation is 1. The fourth-order valence-corrected chi connectivity index (χ4v) is 5.10. The van der Waals surface area contributed by atoms with E-state index < -0.39 is 0 Å². The Bertz CT molecular complexity index is 1310. The van der Waals surface area contributed by atoms with E-state index in [4.69, 9.17) is 4.98 Å². The van der Waals surface area contributed by atoms with E-state index in [1.54, 1.807) is 12.3 Å². The first-order valence-corrected chi connectivity index (χ1v) is 10.4. The first kappa shape index (κ1) is 17.4. The van der Waals surface area contributed by atoms with Crippen molar-refractivity contribution >= 4 is 16.9 Å². The number of rotatable bonds is 2. The van der Waals surface area contributed by atoms with E-state index in [1.807, 2.05) is 42.1 Å². The smallest absolute Gasteiger partial charge is 0.251 e. The van der Waals surface area contributed by atoms with Gasteiger partial charge in [0.1, 0.15) is 11.3 Å². The van der Waals surface area contributed by atoms with Crippen molar-refractivity contribution in [2.45, 2.75) is 25.8 Å². The van der Waals surface area contributed by atoms with Crippen molar-refractivity contribution in [3.63, 3.8) is 0 Å². The topological polar surface area (TPSA) is 79.7 Å². The lowest BCUT2D eigenvalue weighted by Gasteiger charge is -2.43. The summed E-state index contributed by atoms with van der Waals surface area (Å²) in [5.41, 5.74) is 5.06. The number of hydrogen-bond donors (Lipinski definition) is 1. The molecule has 0 aliphatic carbocycles. The minimum atomic E-state index is 0.0825. The van der Waals surface area contributed by atoms with Crippen molar-refractivity contribution in [2.75, 3.05) is 18.0 Å². The van der Waals surface area contributed by atoms with Gasteiger partial charge >= 0.3 is 0 Å². The highest BCUT2D eigenvalue weighted by molar-refractivity contribution is 5.86. The summed E-state index contributed by atoms with van der Waals surface area (Å²) < 4.78 is 1.98. The number of hydrogen-bond acceptors (Lipinski definition) is 5. The van der Waals surface area contributed by atoms with Gasteiger partial charge in [0.2, 0.25) is 0 Å². The highest BCUT2D eigenvalue weighted by Crippen LogP contribution is 2.38. The van der Waals surface area contributed by atoms with Gasteiger partial charge in [-0.05, 0) is 43.0 Å². The summed E-state index contributed by atoms with van der Waals surface area (Å²) in [6.07, 6.45) is 6.59. The molecule has 0 unspecified atom stereocenters. The molecule has 2 atom stereocenters. The van der Waals surface area contributed by atoms with Gasteiger partial charge in [0, 0.05) is 61.5 Å². The van der Waals surface area contributed by atoms with E-state index in [2.05, 4.69) is 25.9 Å². The van der Waals surface area contributed by atoms with Crippen LogP contribution in [-0.4, -0.2) is 37.6 Å². The Hall–Kier alpha value is -3.48. The molecule has 1 N–H and O–H groups in total. The number of nitrogens with zero attached hydrogens (tertiary/aromatic N) is 5. The van der Waals surface area contributed by atoms with Crippen molar-refractivity contribution < 1.29 is 0 Å². The highest BCUT2D eigenvalue weighted by atomic mass is 16.1. The van der Waals surface area contributed by atoms with Crippen LogP contribution in [0.5, 0.6) is 0 Å². The predicted octanol–water partition coefficient (Wildman–Crippen LogP) is 3.11. The number of aromatic nitrogens is 5. The molecule has 0 spiro atoms. The molecule has 1 fully saturated rings. The third kappa shape index (κ3) is 2.73. The van der Waals surface area contributed by atoms with Crippen LogP contribution >= 0.6 is 0 Å². The van der Waals surface area contributed by atoms with E-state index in [0.29, 0.717) is 11.8 Å². The highest BCUT2D eigenvalue weighted by Gasteiger charge is 2.36. The maximum absolute atomic E-state index is 12.9. The molecule has 7 nitrogen and oxygen atoms in total. The molecular weight excluding hydrogens is 376 g/mol. The minimum Gasteiger partial charge on any atom is -0.357 e. The molecule has 0 saturated carbocycles. The van der Waals surface area contributed by atoms with E-state index in [-0.39, 0.29) is 5.56 Å². The van der Waals surface area contributed by atoms with Crippen LogP contribution in [-0.2, 0) is 6.54 Å². The summed E-state index contributed by atoms with van der Waals surface area (Å²) in [7, 11) is 0. The number of aromatic amines is 1. The molecule has 30 heavy (non-hydrogen) atoms. The fourth-order valence-electron chi connectivity index (χ4n) is 5.10. The predicted molar refractivity (Wildman–Crippen MR) is 116 cm³/mol. The molecule has 1 saturated heterocycles. The van der Waals surface area contributed by atoms with E-state index in [1.165, 1.54) is 0 Å². The molecule has 4 aromatic heterocycles. The summed E-state index contributed by atoms with van der Waals surface area (Å²) in [5, 5.41) is 0. The number of H-pyrrole nitrogens is 1. The number of anilines is 1. The van der Waals surface area contributed by atoms with Gasteiger partial charge in [-0.2, -0.15) is 0 Å². The number of nitrogens with one attached hydrogen (secondary N) is 1. The molecule has 2 bridgehead atoms. The van der Waals surface area contributed by atoms with Crippen molar-refractivity contribution in [2.24, 2.45) is 5.92 Å². The molecule has 7 heteroatoms. The Balaban J connectivity index is 1.42. The largest absolute Gasteiger partial charge is 0.357 e. The Kier molecular flexibility index (Phi) is 3.78. The average molecular weight is 398 g/mol. The van der Waals surface area contributed by atoms with Gasteiger partial charge in [-0.1, -0.05) is 6.07 Å². The standard InChI is InChI=1S/C23H22N6O/c1-14-26-19-4-6-25-22(19)23(27-14)28-11-15-7-18(13-28)20-8-17(9-21(30)29(20)12-15)16-3-2-5-24-10-16/h2-6,8-10,15,18,25H,7,11-13H2,1H3/t15-,18+/m0/s1. The fraction of sp³-hybridized carbons (Fsp3) is 0.304. The van der Waals surface area contributed by atoms with Crippen LogP contribution in [0.1, 0.15) is 23.9 Å². The lowest BCUT2D eigenvalue weighted by molar-refractivity contribution is 0.281. The number of piperidine rings is 1. The SMILES string of the molecule is Cc1nc(N2C[C@@H]3C[C@H](C2)c2cc(-c4cccnc4)cc(=O)n2C3)c2[nH]ccc2n1. The van der Waals surface area contributed by atoms with Crippen LogP contribution in [0.3, 0.4) is 0 Å². The average Bonchev–Trinajstić information content (AvgIpc) is 3.22. The zero-order valence-electron chi connectivity index (χ0n) is 16.7. The Labute approximate surface area is 173 Å². The van der Waals surface area contributed by atoms with Crippen LogP contribution < -0.4 is 10.5 Å². The quantitative estimate of drug-likeness (QED) is 0.561. The van der Waals surface area contributed by atoms with Crippen molar-refractivity contribution in [1.82, 2.24) is 24.5 Å². The summed E-state index contributed by atoms with van der Waals surface area (Å²) in [6, 6.07) is 9.83. The normalized spacial score (nSPS) is 20.4. The molecule has 2 aliphatic heterocycles. The summed E-state index contributed by atoms with van der Waals surface area (Å²) in [4.78, 5) is 32.1. The summed E-state index contributed by atoms with van der Waals surface area (Å²) in [5.74, 6) is 2.47. The van der Waals surface area contributed by atoms with Gasteiger partial charge in [-0.3, -0.25) is 9.78 Å². The molecule has 0 aromatic carbocycles. The molecule has 2 aliphatic rings. The van der Waals surface area contributed by atoms with Gasteiger partial charge in [-0.15, -0.1) is 0 Å². The van der Waals surface area contributed by atoms with Crippen LogP contribution in [0.2, 0.25) is 0 Å². The molecule has 0 amide bonds. The van der Waals surface area contributed by atoms with Crippen molar-refractivity contribution in [3.8, 4) is 11.1 Å². The third-order valence-corrected chi connectivity index (χ3v) is 6.35. The summed E-state index contributed by atoms with van der Waals surface area (Å²) >= 11 is 0. The zero-order chi connectivity index (χ0) is 20.2. The van der Waals surface area contributed by atoms with Gasteiger partial charge in [-0.25, -0.2) is 9.97 Å². The molecule has 6 heterocycles. The minimum absolute atomic E-state index is 0.0825. The van der Waals surface area contributed by atoms with E-state index in [0.717, 1.165) is 65.6 Å². The van der Waals surface area contributed by atoms with Crippen molar-refractivity contribution in [3.05, 3.63) is 70.8 Å². The maximum Gasteiger partial charge on any atom is 0.251 e. The lowest BCUT2D eigenvalue weighted by Crippen LogP contribution is -2.47. The second kappa shape index (κ2) is 6.52. The van der Waals surface area contributed by atoms with Gasteiger partial charge in [0.15, 0.2) is 5.82 Å². The van der Waals surface area contributed by atoms with E-state index in [9.17, 15) is 4.79 Å². The maximum atomic E-state index is 12.9. The summed E-state index contributed by atoms with van der Waals surface area (Å²) in [6.45, 7) is 4.44. The monoisotopic (exact) mass is 398 g/mol. The molecule has 4 aromatic rings. The zero-order valence-corrected chi connectivity index (χ0v) is 16.7. The van der Waals surface area contributed by atoms with Gasteiger partial charge in [0.25, 0.3) is 5.56 Å². The Morgan fingerprint density at radius 3 is 2.90 bits per heavy atom. The number of pyridine rings is 2. The van der Waals surface area contributed by atoms with E-state index >= 15 is 0 Å². The van der Waals surface area contributed by atoms with Crippen LogP contribution in [0.4, 0.5) is 5.82 Å². The van der Waals surface area contributed by atoms with Gasteiger partial charge in [0.05, 0.1) is 5.52 Å². The molecule has 150 valence electrons. The molecular formula is C23H22N6O. The Morgan fingerprint density at radius 1 is 1.10 bits per heavy atom. The first-order chi connectivity index (χ1) is 14.7. The second-order valence-electron chi connectivity index (χ2n) is 8.40. The number of fused-ring (bicyclic) bond motifs is 5. The van der Waals surface area contributed by atoms with Crippen molar-refractivity contribution in [1.29, 1.82) is 0 Å². The first-order valence-electron chi connectivity index (χ1n) is 10.4. The van der Waals surface area contributed by atoms with Crippen LogP contribution in [0.25, 0.3) is 22.2 Å². The lowest BCUT2D eigenvalue weighted by atomic mass is 9.82. The van der Waals surface area contributed by atoms with Gasteiger partial charge < -0.3 is 14.5 Å². The van der Waals surface area contributed by atoms with Crippen LogP contribution in [0.15, 0.2) is 53.7 Å². The van der Waals surface area contributed by atoms with Crippen LogP contribution in [0, 0.1) is 12.8 Å². The third-order valence-electron chi connectivity index (χ3n) is 6.35. The molecule has 0 radical (unpaired) electrons. The molecule has 6 rings (SSSR count).